The van der Waals surface area contributed by atoms with Gasteiger partial charge in [0.2, 0.25) is 5.91 Å². The summed E-state index contributed by atoms with van der Waals surface area (Å²) in [6, 6.07) is 15.7. The maximum atomic E-state index is 12.4. The van der Waals surface area contributed by atoms with Crippen LogP contribution in [0.5, 0.6) is 5.75 Å². The SMILES string of the molecule is COc1ccccc1C(C)NC(=O)CSc1nnc(-c2ccc(C)cc2)n1C. The van der Waals surface area contributed by atoms with Gasteiger partial charge >= 0.3 is 0 Å². The number of rotatable bonds is 7. The summed E-state index contributed by atoms with van der Waals surface area (Å²) in [5.74, 6) is 1.74. The molecule has 1 aromatic heterocycles. The van der Waals surface area contributed by atoms with E-state index >= 15 is 0 Å². The number of nitrogens with zero attached hydrogens (tertiary/aromatic N) is 3. The Bertz CT molecular complexity index is 953. The summed E-state index contributed by atoms with van der Waals surface area (Å²) < 4.78 is 7.28. The molecule has 0 fully saturated rings. The number of nitrogens with one attached hydrogen (secondary N) is 1. The summed E-state index contributed by atoms with van der Waals surface area (Å²) in [5, 5.41) is 12.2. The number of ether oxygens (including phenoxy) is 1. The summed E-state index contributed by atoms with van der Waals surface area (Å²) in [7, 11) is 3.54. The summed E-state index contributed by atoms with van der Waals surface area (Å²) >= 11 is 1.37. The van der Waals surface area contributed by atoms with Gasteiger partial charge in [-0.1, -0.05) is 59.8 Å². The number of aryl methyl sites for hydroxylation is 1. The summed E-state index contributed by atoms with van der Waals surface area (Å²) in [6.07, 6.45) is 0. The number of hydrogen-bond acceptors (Lipinski definition) is 5. The molecule has 1 amide bonds. The number of amides is 1. The van der Waals surface area contributed by atoms with E-state index in [1.165, 1.54) is 17.3 Å². The Morgan fingerprint density at radius 3 is 2.61 bits per heavy atom. The Morgan fingerprint density at radius 2 is 1.89 bits per heavy atom. The quantitative estimate of drug-likeness (QED) is 0.616. The Morgan fingerprint density at radius 1 is 1.18 bits per heavy atom. The van der Waals surface area contributed by atoms with Gasteiger partial charge in [0.05, 0.1) is 18.9 Å². The second-order valence-corrected chi connectivity index (χ2v) is 7.49. The Labute approximate surface area is 169 Å². The van der Waals surface area contributed by atoms with Gasteiger partial charge in [-0.05, 0) is 19.9 Å². The van der Waals surface area contributed by atoms with Gasteiger partial charge in [0.1, 0.15) is 5.75 Å². The molecule has 2 aromatic carbocycles. The van der Waals surface area contributed by atoms with Crippen LogP contribution in [0.2, 0.25) is 0 Å². The van der Waals surface area contributed by atoms with Crippen molar-refractivity contribution >= 4 is 17.7 Å². The zero-order valence-corrected chi connectivity index (χ0v) is 17.3. The van der Waals surface area contributed by atoms with Crippen molar-refractivity contribution < 1.29 is 9.53 Å². The Balaban J connectivity index is 1.61. The predicted octanol–water partition coefficient (Wildman–Crippen LogP) is 3.77. The fraction of sp³-hybridized carbons (Fsp3) is 0.286. The lowest BCUT2D eigenvalue weighted by Crippen LogP contribution is -2.28. The number of thioether (sulfide) groups is 1. The lowest BCUT2D eigenvalue weighted by Gasteiger charge is -2.17. The van der Waals surface area contributed by atoms with Gasteiger partial charge in [0.25, 0.3) is 0 Å². The van der Waals surface area contributed by atoms with Gasteiger partial charge in [-0.25, -0.2) is 0 Å². The molecule has 0 radical (unpaired) electrons. The topological polar surface area (TPSA) is 69.0 Å². The van der Waals surface area contributed by atoms with Gasteiger partial charge in [-0.15, -0.1) is 10.2 Å². The third-order valence-electron chi connectivity index (χ3n) is 4.46. The number of benzene rings is 2. The Kier molecular flexibility index (Phi) is 6.36. The molecule has 1 heterocycles. The molecular weight excluding hydrogens is 372 g/mol. The molecule has 1 unspecified atom stereocenters. The van der Waals surface area contributed by atoms with Crippen molar-refractivity contribution in [3.63, 3.8) is 0 Å². The molecule has 146 valence electrons. The maximum Gasteiger partial charge on any atom is 0.230 e. The van der Waals surface area contributed by atoms with Crippen LogP contribution >= 0.6 is 11.8 Å². The first kappa shape index (κ1) is 19.9. The highest BCUT2D eigenvalue weighted by molar-refractivity contribution is 7.99. The smallest absolute Gasteiger partial charge is 0.230 e. The number of carbonyl (C=O) groups is 1. The number of hydrogen-bond donors (Lipinski definition) is 1. The van der Waals surface area contributed by atoms with E-state index in [1.54, 1.807) is 7.11 Å². The predicted molar refractivity (Wildman–Crippen MR) is 111 cm³/mol. The van der Waals surface area contributed by atoms with E-state index in [4.69, 9.17) is 4.74 Å². The average Bonchev–Trinajstić information content (AvgIpc) is 3.07. The van der Waals surface area contributed by atoms with Crippen molar-refractivity contribution in [1.29, 1.82) is 0 Å². The molecule has 0 aliphatic carbocycles. The van der Waals surface area contributed by atoms with Crippen LogP contribution in [0.3, 0.4) is 0 Å². The third-order valence-corrected chi connectivity index (χ3v) is 5.48. The van der Waals surface area contributed by atoms with E-state index < -0.39 is 0 Å². The van der Waals surface area contributed by atoms with Crippen LogP contribution in [-0.2, 0) is 11.8 Å². The van der Waals surface area contributed by atoms with Gasteiger partial charge in [0.15, 0.2) is 11.0 Å². The van der Waals surface area contributed by atoms with E-state index in [2.05, 4.69) is 15.5 Å². The number of carbonyl (C=O) groups excluding carboxylic acids is 1. The molecule has 6 nitrogen and oxygen atoms in total. The molecule has 0 aliphatic rings. The van der Waals surface area contributed by atoms with Gasteiger partial charge in [-0.2, -0.15) is 0 Å². The minimum absolute atomic E-state index is 0.0664. The first-order chi connectivity index (χ1) is 13.5. The number of methoxy groups -OCH3 is 1. The van der Waals surface area contributed by atoms with E-state index in [-0.39, 0.29) is 17.7 Å². The molecule has 0 saturated heterocycles. The van der Waals surface area contributed by atoms with Crippen molar-refractivity contribution in [1.82, 2.24) is 20.1 Å². The summed E-state index contributed by atoms with van der Waals surface area (Å²) in [6.45, 7) is 3.99. The largest absolute Gasteiger partial charge is 0.496 e. The minimum atomic E-state index is -0.146. The van der Waals surface area contributed by atoms with E-state index in [1.807, 2.05) is 74.0 Å². The third kappa shape index (κ3) is 4.54. The van der Waals surface area contributed by atoms with Crippen LogP contribution in [0.4, 0.5) is 0 Å². The molecule has 1 N–H and O–H groups in total. The molecule has 0 aliphatic heterocycles. The van der Waals surface area contributed by atoms with Gasteiger partial charge in [0, 0.05) is 18.2 Å². The van der Waals surface area contributed by atoms with Crippen molar-refractivity contribution in [2.24, 2.45) is 7.05 Å². The first-order valence-corrected chi connectivity index (χ1v) is 9.99. The number of para-hydroxylation sites is 1. The van der Waals surface area contributed by atoms with Gasteiger partial charge < -0.3 is 14.6 Å². The summed E-state index contributed by atoms with van der Waals surface area (Å²) in [5.41, 5.74) is 3.15. The zero-order valence-electron chi connectivity index (χ0n) is 16.5. The average molecular weight is 397 g/mol. The van der Waals surface area contributed by atoms with Crippen LogP contribution in [0, 0.1) is 6.92 Å². The van der Waals surface area contributed by atoms with Gasteiger partial charge in [-0.3, -0.25) is 4.79 Å². The fourth-order valence-corrected chi connectivity index (χ4v) is 3.63. The van der Waals surface area contributed by atoms with Crippen LogP contribution in [0.15, 0.2) is 53.7 Å². The van der Waals surface area contributed by atoms with Crippen LogP contribution < -0.4 is 10.1 Å². The fourth-order valence-electron chi connectivity index (χ4n) is 2.91. The summed E-state index contributed by atoms with van der Waals surface area (Å²) in [4.78, 5) is 12.4. The van der Waals surface area contributed by atoms with Crippen molar-refractivity contribution in [3.05, 3.63) is 59.7 Å². The molecular formula is C21H24N4O2S. The molecule has 28 heavy (non-hydrogen) atoms. The van der Waals surface area contributed by atoms with Crippen molar-refractivity contribution in [2.75, 3.05) is 12.9 Å². The van der Waals surface area contributed by atoms with E-state index in [0.29, 0.717) is 5.16 Å². The molecule has 0 saturated carbocycles. The highest BCUT2D eigenvalue weighted by Gasteiger charge is 2.16. The molecule has 3 rings (SSSR count). The monoisotopic (exact) mass is 396 g/mol. The zero-order chi connectivity index (χ0) is 20.1. The highest BCUT2D eigenvalue weighted by Crippen LogP contribution is 2.25. The molecule has 7 heteroatoms. The van der Waals surface area contributed by atoms with Crippen LogP contribution in [0.1, 0.15) is 24.1 Å². The normalized spacial score (nSPS) is 11.9. The standard InChI is InChI=1S/C21H24N4O2S/c1-14-9-11-16(12-10-14)20-23-24-21(25(20)3)28-13-19(26)22-15(2)17-7-5-6-8-18(17)27-4/h5-12,15H,13H2,1-4H3,(H,22,26). The minimum Gasteiger partial charge on any atom is -0.496 e. The Hall–Kier alpha value is -2.80. The lowest BCUT2D eigenvalue weighted by molar-refractivity contribution is -0.119. The van der Waals surface area contributed by atoms with Crippen molar-refractivity contribution in [3.8, 4) is 17.1 Å². The van der Waals surface area contributed by atoms with E-state index in [0.717, 1.165) is 22.7 Å². The second-order valence-electron chi connectivity index (χ2n) is 6.55. The van der Waals surface area contributed by atoms with E-state index in [9.17, 15) is 4.79 Å². The second kappa shape index (κ2) is 8.93. The van der Waals surface area contributed by atoms with Crippen LogP contribution in [-0.4, -0.2) is 33.5 Å². The maximum absolute atomic E-state index is 12.4. The molecule has 0 spiro atoms. The van der Waals surface area contributed by atoms with Crippen LogP contribution in [0.25, 0.3) is 11.4 Å². The van der Waals surface area contributed by atoms with Crippen molar-refractivity contribution in [2.45, 2.75) is 25.0 Å². The first-order valence-electron chi connectivity index (χ1n) is 9.01. The highest BCUT2D eigenvalue weighted by atomic mass is 32.2. The molecule has 3 aromatic rings. The molecule has 1 atom stereocenters. The lowest BCUT2D eigenvalue weighted by atomic mass is 10.1. The number of aromatic nitrogens is 3. The molecule has 0 bridgehead atoms.